The van der Waals surface area contributed by atoms with Gasteiger partial charge >= 0.3 is 5.97 Å². The van der Waals surface area contributed by atoms with E-state index in [9.17, 15) is 9.90 Å². The van der Waals surface area contributed by atoms with Gasteiger partial charge in [0.25, 0.3) is 0 Å². The summed E-state index contributed by atoms with van der Waals surface area (Å²) >= 11 is 12.4. The fourth-order valence-electron chi connectivity index (χ4n) is 3.04. The summed E-state index contributed by atoms with van der Waals surface area (Å²) < 4.78 is 1.70. The lowest BCUT2D eigenvalue weighted by Crippen LogP contribution is -2.12. The van der Waals surface area contributed by atoms with E-state index in [2.05, 4.69) is 9.97 Å². The number of benzene rings is 1. The highest BCUT2D eigenvalue weighted by atomic mass is 35.5. The third kappa shape index (κ3) is 3.20. The molecule has 3 aromatic rings. The number of hydrogen-bond donors (Lipinski definition) is 1. The molecule has 0 atom stereocenters. The molecule has 2 heterocycles. The molecule has 0 aliphatic heterocycles. The van der Waals surface area contributed by atoms with Crippen LogP contribution in [0.5, 0.6) is 0 Å². The summed E-state index contributed by atoms with van der Waals surface area (Å²) in [4.78, 5) is 20.8. The molecule has 5 nitrogen and oxygen atoms in total. The van der Waals surface area contributed by atoms with Crippen molar-refractivity contribution in [3.8, 4) is 11.4 Å². The van der Waals surface area contributed by atoms with E-state index >= 15 is 0 Å². The molecule has 26 heavy (non-hydrogen) atoms. The number of imidazole rings is 1. The van der Waals surface area contributed by atoms with E-state index in [0.29, 0.717) is 21.6 Å². The lowest BCUT2D eigenvalue weighted by molar-refractivity contribution is 0.0684. The zero-order chi connectivity index (χ0) is 18.3. The largest absolute Gasteiger partial charge is 0.477 e. The van der Waals surface area contributed by atoms with E-state index in [-0.39, 0.29) is 18.2 Å². The molecule has 2 aromatic heterocycles. The second-order valence-electron chi connectivity index (χ2n) is 6.31. The molecule has 1 aliphatic rings. The number of halogens is 2. The molecule has 1 fully saturated rings. The molecule has 1 N–H and O–H groups in total. The SMILES string of the molecule is O=C(O)c1c(C2CC2)nc(-c2cccnc2)n1Cc1cc(Cl)ccc1Cl. The number of carbonyl (C=O) groups is 1. The highest BCUT2D eigenvalue weighted by Gasteiger charge is 2.34. The molecule has 7 heteroatoms. The molecule has 0 bridgehead atoms. The predicted octanol–water partition coefficient (Wildman–Crippen LogP) is 4.88. The fraction of sp³-hybridized carbons (Fsp3) is 0.211. The van der Waals surface area contributed by atoms with Gasteiger partial charge in [0, 0.05) is 33.9 Å². The first-order valence-electron chi connectivity index (χ1n) is 8.22. The zero-order valence-corrected chi connectivity index (χ0v) is 15.2. The number of pyridine rings is 1. The molecule has 0 radical (unpaired) electrons. The summed E-state index contributed by atoms with van der Waals surface area (Å²) in [6.45, 7) is 0.269. The summed E-state index contributed by atoms with van der Waals surface area (Å²) in [7, 11) is 0. The van der Waals surface area contributed by atoms with Crippen molar-refractivity contribution in [3.05, 3.63) is 69.7 Å². The van der Waals surface area contributed by atoms with Crippen LogP contribution in [0.3, 0.4) is 0 Å². The summed E-state index contributed by atoms with van der Waals surface area (Å²) in [5, 5.41) is 10.9. The number of nitrogens with zero attached hydrogens (tertiary/aromatic N) is 3. The first kappa shape index (κ1) is 17.1. The maximum absolute atomic E-state index is 12.0. The van der Waals surface area contributed by atoms with Crippen LogP contribution in [0.25, 0.3) is 11.4 Å². The standard InChI is InChI=1S/C19H15Cl2N3O2/c20-14-5-6-15(21)13(8-14)10-24-17(19(25)26)16(11-3-4-11)23-18(24)12-2-1-7-22-9-12/h1-2,5-9,11H,3-4,10H2,(H,25,26). The average Bonchev–Trinajstić information content (AvgIpc) is 3.40. The second-order valence-corrected chi connectivity index (χ2v) is 7.16. The van der Waals surface area contributed by atoms with Gasteiger partial charge in [-0.15, -0.1) is 0 Å². The van der Waals surface area contributed by atoms with Crippen molar-refractivity contribution >= 4 is 29.2 Å². The Morgan fingerprint density at radius 3 is 2.73 bits per heavy atom. The van der Waals surface area contributed by atoms with E-state index in [4.69, 9.17) is 23.2 Å². The zero-order valence-electron chi connectivity index (χ0n) is 13.7. The van der Waals surface area contributed by atoms with E-state index in [1.807, 2.05) is 6.07 Å². The number of aromatic nitrogens is 3. The minimum Gasteiger partial charge on any atom is -0.477 e. The Balaban J connectivity index is 1.90. The van der Waals surface area contributed by atoms with E-state index in [0.717, 1.165) is 24.0 Å². The summed E-state index contributed by atoms with van der Waals surface area (Å²) in [5.41, 5.74) is 2.35. The maximum Gasteiger partial charge on any atom is 0.354 e. The predicted molar refractivity (Wildman–Crippen MR) is 100.0 cm³/mol. The topological polar surface area (TPSA) is 68.0 Å². The monoisotopic (exact) mass is 387 g/mol. The molecule has 1 saturated carbocycles. The Labute approximate surface area is 160 Å². The van der Waals surface area contributed by atoms with Crippen LogP contribution in [0.15, 0.2) is 42.7 Å². The Bertz CT molecular complexity index is 982. The van der Waals surface area contributed by atoms with Crippen molar-refractivity contribution in [3.63, 3.8) is 0 Å². The molecule has 0 amide bonds. The molecular formula is C19H15Cl2N3O2. The number of aromatic carboxylic acids is 1. The van der Waals surface area contributed by atoms with Crippen LogP contribution < -0.4 is 0 Å². The summed E-state index contributed by atoms with van der Waals surface area (Å²) in [6.07, 6.45) is 5.27. The third-order valence-corrected chi connectivity index (χ3v) is 5.02. The van der Waals surface area contributed by atoms with Crippen molar-refractivity contribution in [1.29, 1.82) is 0 Å². The van der Waals surface area contributed by atoms with Crippen molar-refractivity contribution in [2.24, 2.45) is 0 Å². The van der Waals surface area contributed by atoms with Gasteiger partial charge in [-0.25, -0.2) is 9.78 Å². The van der Waals surface area contributed by atoms with Crippen LogP contribution in [0.2, 0.25) is 10.0 Å². The van der Waals surface area contributed by atoms with Gasteiger partial charge in [-0.2, -0.15) is 0 Å². The van der Waals surface area contributed by atoms with Crippen molar-refractivity contribution < 1.29 is 9.90 Å². The van der Waals surface area contributed by atoms with Gasteiger partial charge < -0.3 is 9.67 Å². The first-order valence-corrected chi connectivity index (χ1v) is 8.98. The van der Waals surface area contributed by atoms with Crippen molar-refractivity contribution in [2.75, 3.05) is 0 Å². The molecule has 0 saturated heterocycles. The second kappa shape index (κ2) is 6.74. The van der Waals surface area contributed by atoms with Crippen LogP contribution in [-0.2, 0) is 6.54 Å². The summed E-state index contributed by atoms with van der Waals surface area (Å²) in [5.74, 6) is -0.214. The minimum atomic E-state index is -0.993. The Morgan fingerprint density at radius 2 is 2.08 bits per heavy atom. The van der Waals surface area contributed by atoms with Gasteiger partial charge in [0.15, 0.2) is 5.69 Å². The van der Waals surface area contributed by atoms with E-state index < -0.39 is 5.97 Å². The van der Waals surface area contributed by atoms with E-state index in [1.165, 1.54) is 0 Å². The first-order chi connectivity index (χ1) is 12.5. The Kier molecular flexibility index (Phi) is 4.42. The fourth-order valence-corrected chi connectivity index (χ4v) is 3.41. The van der Waals surface area contributed by atoms with Gasteiger partial charge in [0.1, 0.15) is 5.82 Å². The molecule has 1 aliphatic carbocycles. The highest BCUT2D eigenvalue weighted by molar-refractivity contribution is 6.33. The smallest absolute Gasteiger partial charge is 0.354 e. The molecule has 132 valence electrons. The number of carboxylic acid groups (broad SMARTS) is 1. The lowest BCUT2D eigenvalue weighted by atomic mass is 10.2. The quantitative estimate of drug-likeness (QED) is 0.677. The Hall–Kier alpha value is -2.37. The maximum atomic E-state index is 12.0. The third-order valence-electron chi connectivity index (χ3n) is 4.42. The normalized spacial score (nSPS) is 13.8. The van der Waals surface area contributed by atoms with Gasteiger partial charge in [-0.1, -0.05) is 23.2 Å². The average molecular weight is 388 g/mol. The van der Waals surface area contributed by atoms with Crippen molar-refractivity contribution in [1.82, 2.24) is 14.5 Å². The van der Waals surface area contributed by atoms with E-state index in [1.54, 1.807) is 41.2 Å². The van der Waals surface area contributed by atoms with Gasteiger partial charge in [0.05, 0.1) is 12.2 Å². The van der Waals surface area contributed by atoms with Gasteiger partial charge in [-0.3, -0.25) is 4.98 Å². The Morgan fingerprint density at radius 1 is 1.27 bits per heavy atom. The highest BCUT2D eigenvalue weighted by Crippen LogP contribution is 2.42. The molecule has 0 spiro atoms. The van der Waals surface area contributed by atoms with Crippen LogP contribution in [0, 0.1) is 0 Å². The van der Waals surface area contributed by atoms with Crippen LogP contribution in [-0.4, -0.2) is 25.6 Å². The minimum absolute atomic E-state index is 0.201. The molecule has 4 rings (SSSR count). The van der Waals surface area contributed by atoms with Crippen LogP contribution in [0.1, 0.15) is 40.5 Å². The molecular weight excluding hydrogens is 373 g/mol. The van der Waals surface area contributed by atoms with Crippen LogP contribution in [0.4, 0.5) is 0 Å². The van der Waals surface area contributed by atoms with Gasteiger partial charge in [0.2, 0.25) is 0 Å². The summed E-state index contributed by atoms with van der Waals surface area (Å²) in [6, 6.07) is 8.84. The van der Waals surface area contributed by atoms with Gasteiger partial charge in [-0.05, 0) is 48.7 Å². The van der Waals surface area contributed by atoms with Crippen molar-refractivity contribution in [2.45, 2.75) is 25.3 Å². The number of carboxylic acids is 1. The number of hydrogen-bond acceptors (Lipinski definition) is 3. The molecule has 1 aromatic carbocycles. The molecule has 0 unspecified atom stereocenters. The van der Waals surface area contributed by atoms with Crippen LogP contribution >= 0.6 is 23.2 Å². The lowest BCUT2D eigenvalue weighted by Gasteiger charge is -2.12. The number of rotatable bonds is 5.